The Kier molecular flexibility index (Phi) is 18.8. The molecule has 14 heteroatoms. The average Bonchev–Trinajstić information content (AvgIpc) is 2.69. The van der Waals surface area contributed by atoms with Gasteiger partial charge in [0.15, 0.2) is 0 Å². The molecule has 0 atom stereocenters. The SMILES string of the molecule is O.O=C([O-])c1cc(C(=O)[O-])cc([N+](=O)[O-])c1.[Ni+2].[OH3+].[OH3+].[OH3+].c1ccc(-c2ccccn2)nc1. The molecule has 2 heterocycles. The summed E-state index contributed by atoms with van der Waals surface area (Å²) in [5.41, 5.74) is 0.0268. The summed E-state index contributed by atoms with van der Waals surface area (Å²) in [5.74, 6) is -3.39. The van der Waals surface area contributed by atoms with Crippen LogP contribution in [-0.4, -0.2) is 32.3 Å². The third-order valence-corrected chi connectivity index (χ3v) is 3.19. The summed E-state index contributed by atoms with van der Waals surface area (Å²) in [5, 5.41) is 31.1. The van der Waals surface area contributed by atoms with Crippen molar-refractivity contribution in [3.63, 3.8) is 0 Å². The van der Waals surface area contributed by atoms with Crippen molar-refractivity contribution < 1.29 is 63.1 Å². The van der Waals surface area contributed by atoms with Crippen molar-refractivity contribution in [2.45, 2.75) is 0 Å². The number of rotatable bonds is 4. The van der Waals surface area contributed by atoms with Gasteiger partial charge in [0.05, 0.1) is 28.2 Å². The fraction of sp³-hybridized carbons (Fsp3) is 0. The van der Waals surface area contributed by atoms with Gasteiger partial charge in [0, 0.05) is 35.7 Å². The van der Waals surface area contributed by atoms with Gasteiger partial charge in [0.2, 0.25) is 0 Å². The summed E-state index contributed by atoms with van der Waals surface area (Å²) in [4.78, 5) is 38.6. The number of hydrogen-bond acceptors (Lipinski definition) is 8. The van der Waals surface area contributed by atoms with E-state index in [9.17, 15) is 29.9 Å². The van der Waals surface area contributed by atoms with E-state index in [-0.39, 0.29) is 38.4 Å². The van der Waals surface area contributed by atoms with E-state index in [4.69, 9.17) is 0 Å². The molecule has 0 spiro atoms. The summed E-state index contributed by atoms with van der Waals surface area (Å²) in [6.45, 7) is 0. The van der Waals surface area contributed by atoms with Gasteiger partial charge in [-0.25, -0.2) is 0 Å². The number of aromatic carboxylic acids is 2. The van der Waals surface area contributed by atoms with Crippen molar-refractivity contribution in [3.8, 4) is 11.4 Å². The Morgan fingerprint density at radius 1 is 0.750 bits per heavy atom. The zero-order valence-corrected chi connectivity index (χ0v) is 17.2. The minimum atomic E-state index is -1.69. The van der Waals surface area contributed by atoms with Crippen molar-refractivity contribution >= 4 is 17.6 Å². The number of pyridine rings is 2. The first-order valence-corrected chi connectivity index (χ1v) is 7.43. The first kappa shape index (κ1) is 35.6. The maximum Gasteiger partial charge on any atom is 2.00 e. The van der Waals surface area contributed by atoms with Crippen LogP contribution in [0.5, 0.6) is 0 Å². The first-order chi connectivity index (χ1) is 12.9. The van der Waals surface area contributed by atoms with Crippen LogP contribution in [0.1, 0.15) is 20.7 Å². The Morgan fingerprint density at radius 2 is 1.12 bits per heavy atom. The molecule has 3 aromatic rings. The maximum atomic E-state index is 10.4. The average molecular weight is 499 g/mol. The minimum absolute atomic E-state index is 0. The van der Waals surface area contributed by atoms with Gasteiger partial charge in [-0.15, -0.1) is 0 Å². The molecule has 32 heavy (non-hydrogen) atoms. The van der Waals surface area contributed by atoms with Crippen molar-refractivity contribution in [2.75, 3.05) is 0 Å². The normalized spacial score (nSPS) is 8.12. The molecule has 0 amide bonds. The number of nitro benzene ring substituents is 1. The minimum Gasteiger partial charge on any atom is -0.545 e. The van der Waals surface area contributed by atoms with E-state index >= 15 is 0 Å². The van der Waals surface area contributed by atoms with Gasteiger partial charge in [-0.3, -0.25) is 20.1 Å². The zero-order chi connectivity index (χ0) is 19.8. The molecule has 3 rings (SSSR count). The van der Waals surface area contributed by atoms with E-state index in [1.807, 2.05) is 36.4 Å². The summed E-state index contributed by atoms with van der Waals surface area (Å²) < 4.78 is 0. The van der Waals surface area contributed by atoms with E-state index < -0.39 is 33.7 Å². The monoisotopic (exact) mass is 498 g/mol. The van der Waals surface area contributed by atoms with Gasteiger partial charge < -0.3 is 41.7 Å². The maximum absolute atomic E-state index is 10.4. The third kappa shape index (κ3) is 10.3. The molecule has 176 valence electrons. The third-order valence-electron chi connectivity index (χ3n) is 3.19. The molecule has 0 radical (unpaired) electrons. The number of benzene rings is 1. The predicted octanol–water partition coefficient (Wildman–Crippen LogP) is -3.13. The summed E-state index contributed by atoms with van der Waals surface area (Å²) in [6.07, 6.45) is 3.54. The molecule has 11 N–H and O–H groups in total. The van der Waals surface area contributed by atoms with Gasteiger partial charge in [-0.05, 0) is 30.3 Å². The molecule has 0 bridgehead atoms. The number of nitro groups is 1. The van der Waals surface area contributed by atoms with E-state index in [0.717, 1.165) is 17.5 Å². The number of carboxylic acids is 2. The second kappa shape index (κ2) is 16.9. The number of carbonyl (C=O) groups excluding carboxylic acids is 2. The van der Waals surface area contributed by atoms with Crippen LogP contribution in [0, 0.1) is 10.1 Å². The Labute approximate surface area is 190 Å². The standard InChI is InChI=1S/C10H8N2.C8H5NO6.Ni.4H2O/c1-3-7-11-9(5-1)10-6-2-4-8-12-10;10-7(11)4-1-5(8(12)13)3-6(2-4)9(14)15;;;;;/h1-8H;1-3H,(H,10,11)(H,12,13);;4*1H2/q;;+2;;;;/p+1. The Balaban J connectivity index is -0.000000215. The summed E-state index contributed by atoms with van der Waals surface area (Å²) in [7, 11) is 0. The van der Waals surface area contributed by atoms with E-state index in [1.165, 1.54) is 0 Å². The molecule has 0 fully saturated rings. The topological polar surface area (TPSA) is 280 Å². The fourth-order valence-electron chi connectivity index (χ4n) is 1.98. The van der Waals surface area contributed by atoms with Crippen LogP contribution in [0.2, 0.25) is 0 Å². The molecule has 0 saturated carbocycles. The van der Waals surface area contributed by atoms with Crippen LogP contribution >= 0.6 is 0 Å². The van der Waals surface area contributed by atoms with E-state index in [1.54, 1.807) is 12.4 Å². The van der Waals surface area contributed by atoms with Crippen LogP contribution < -0.4 is 10.2 Å². The molecular weight excluding hydrogens is 477 g/mol. The second-order valence-electron chi connectivity index (χ2n) is 5.03. The quantitative estimate of drug-likeness (QED) is 0.153. The van der Waals surface area contributed by atoms with E-state index in [0.29, 0.717) is 12.1 Å². The van der Waals surface area contributed by atoms with Crippen molar-refractivity contribution in [3.05, 3.63) is 88.2 Å². The largest absolute Gasteiger partial charge is 2.00 e. The number of nitrogens with zero attached hydrogens (tertiary/aromatic N) is 3. The Morgan fingerprint density at radius 3 is 1.38 bits per heavy atom. The Hall–Kier alpha value is -3.81. The number of carboxylic acid groups (broad SMARTS) is 2. The van der Waals surface area contributed by atoms with Gasteiger partial charge in [-0.1, -0.05) is 12.1 Å². The van der Waals surface area contributed by atoms with Crippen molar-refractivity contribution in [1.29, 1.82) is 0 Å². The molecule has 1 aromatic carbocycles. The van der Waals surface area contributed by atoms with Crippen LogP contribution in [0.4, 0.5) is 5.69 Å². The van der Waals surface area contributed by atoms with E-state index in [2.05, 4.69) is 9.97 Å². The molecule has 13 nitrogen and oxygen atoms in total. The zero-order valence-electron chi connectivity index (χ0n) is 16.2. The number of non-ortho nitro benzene ring substituents is 1. The summed E-state index contributed by atoms with van der Waals surface area (Å²) in [6, 6.07) is 13.7. The van der Waals surface area contributed by atoms with Crippen LogP contribution in [0.25, 0.3) is 11.4 Å². The molecule has 2 aromatic heterocycles. The molecular formula is C18H22N3NiO10+3. The van der Waals surface area contributed by atoms with Crippen LogP contribution in [-0.2, 0) is 32.9 Å². The molecule has 0 aliphatic carbocycles. The number of hydrogen-bond donors (Lipinski definition) is 0. The Bertz CT molecular complexity index is 859. The molecule has 0 aliphatic rings. The first-order valence-electron chi connectivity index (χ1n) is 7.43. The fourth-order valence-corrected chi connectivity index (χ4v) is 1.98. The smallest absolute Gasteiger partial charge is 0.545 e. The molecule has 0 unspecified atom stereocenters. The molecule has 0 saturated heterocycles. The van der Waals surface area contributed by atoms with Crippen LogP contribution in [0.15, 0.2) is 67.0 Å². The second-order valence-corrected chi connectivity index (χ2v) is 5.03. The van der Waals surface area contributed by atoms with Gasteiger partial charge >= 0.3 is 16.5 Å². The number of carbonyl (C=O) groups is 2. The van der Waals surface area contributed by atoms with Crippen molar-refractivity contribution in [2.24, 2.45) is 0 Å². The predicted molar refractivity (Wildman–Crippen MR) is 107 cm³/mol. The van der Waals surface area contributed by atoms with Gasteiger partial charge in [0.1, 0.15) is 0 Å². The van der Waals surface area contributed by atoms with Crippen LogP contribution in [0.3, 0.4) is 0 Å². The summed E-state index contributed by atoms with van der Waals surface area (Å²) >= 11 is 0. The van der Waals surface area contributed by atoms with Gasteiger partial charge in [0.25, 0.3) is 5.69 Å². The molecule has 0 aliphatic heterocycles. The van der Waals surface area contributed by atoms with Gasteiger partial charge in [-0.2, -0.15) is 0 Å². The number of aromatic nitrogens is 2. The van der Waals surface area contributed by atoms with Crippen molar-refractivity contribution in [1.82, 2.24) is 9.97 Å².